The van der Waals surface area contributed by atoms with E-state index in [4.69, 9.17) is 11.6 Å². The van der Waals surface area contributed by atoms with Crippen LogP contribution in [0.5, 0.6) is 0 Å². The summed E-state index contributed by atoms with van der Waals surface area (Å²) >= 11 is 5.91. The molecule has 1 amide bonds. The predicted octanol–water partition coefficient (Wildman–Crippen LogP) is 3.08. The third-order valence-corrected chi connectivity index (χ3v) is 4.12. The molecule has 1 N–H and O–H groups in total. The summed E-state index contributed by atoms with van der Waals surface area (Å²) < 4.78 is 1.54. The lowest BCUT2D eigenvalue weighted by Gasteiger charge is -2.14. The molecule has 26 heavy (non-hydrogen) atoms. The molecule has 2 heterocycles. The van der Waals surface area contributed by atoms with E-state index in [1.54, 1.807) is 56.4 Å². The number of benzene rings is 1. The fourth-order valence-electron chi connectivity index (χ4n) is 2.52. The minimum atomic E-state index is -0.545. The van der Waals surface area contributed by atoms with E-state index in [0.717, 1.165) is 0 Å². The Morgan fingerprint density at radius 3 is 2.58 bits per heavy atom. The smallest absolute Gasteiger partial charge is 0.276 e. The van der Waals surface area contributed by atoms with Gasteiger partial charge in [0, 0.05) is 23.0 Å². The molecule has 0 aliphatic carbocycles. The van der Waals surface area contributed by atoms with Crippen molar-refractivity contribution in [1.82, 2.24) is 20.1 Å². The van der Waals surface area contributed by atoms with Gasteiger partial charge in [-0.15, -0.1) is 0 Å². The highest BCUT2D eigenvalue weighted by molar-refractivity contribution is 6.30. The van der Waals surface area contributed by atoms with Gasteiger partial charge in [-0.2, -0.15) is 5.10 Å². The van der Waals surface area contributed by atoms with Crippen molar-refractivity contribution in [3.05, 3.63) is 87.1 Å². The normalized spacial score (nSPS) is 11.8. The van der Waals surface area contributed by atoms with Gasteiger partial charge in [0.05, 0.1) is 17.4 Å². The van der Waals surface area contributed by atoms with E-state index >= 15 is 0 Å². The van der Waals surface area contributed by atoms with Gasteiger partial charge in [-0.25, -0.2) is 4.68 Å². The number of carbonyl (C=O) groups is 1. The molecule has 0 saturated heterocycles. The third kappa shape index (κ3) is 3.81. The third-order valence-electron chi connectivity index (χ3n) is 3.87. The van der Waals surface area contributed by atoms with Gasteiger partial charge < -0.3 is 5.32 Å². The number of hydrogen-bond donors (Lipinski definition) is 1. The van der Waals surface area contributed by atoms with Crippen LogP contribution in [0.4, 0.5) is 0 Å². The SMILES string of the molecule is Cc1cc(=O)c(C(=O)NC(C)c2ccccn2)nn1-c1ccc(Cl)cc1. The Morgan fingerprint density at radius 2 is 1.92 bits per heavy atom. The summed E-state index contributed by atoms with van der Waals surface area (Å²) in [6.45, 7) is 3.55. The second-order valence-corrected chi connectivity index (χ2v) is 6.27. The Hall–Kier alpha value is -2.99. The number of rotatable bonds is 4. The highest BCUT2D eigenvalue weighted by atomic mass is 35.5. The molecular weight excluding hydrogens is 352 g/mol. The molecule has 6 nitrogen and oxygen atoms in total. The lowest BCUT2D eigenvalue weighted by molar-refractivity contribution is 0.0931. The summed E-state index contributed by atoms with van der Waals surface area (Å²) in [5.41, 5.74) is 1.42. The first-order chi connectivity index (χ1) is 12.5. The monoisotopic (exact) mass is 368 g/mol. The Morgan fingerprint density at radius 1 is 1.19 bits per heavy atom. The van der Waals surface area contributed by atoms with Crippen LogP contribution in [0.2, 0.25) is 5.02 Å². The minimum absolute atomic E-state index is 0.173. The van der Waals surface area contributed by atoms with Crippen molar-refractivity contribution < 1.29 is 4.79 Å². The minimum Gasteiger partial charge on any atom is -0.342 e. The topological polar surface area (TPSA) is 76.9 Å². The fourth-order valence-corrected chi connectivity index (χ4v) is 2.65. The van der Waals surface area contributed by atoms with Crippen LogP contribution in [-0.2, 0) is 0 Å². The molecule has 0 radical (unpaired) electrons. The first kappa shape index (κ1) is 17.8. The van der Waals surface area contributed by atoms with Crippen LogP contribution in [0.3, 0.4) is 0 Å². The van der Waals surface area contributed by atoms with Gasteiger partial charge in [0.1, 0.15) is 0 Å². The van der Waals surface area contributed by atoms with Crippen LogP contribution in [0.15, 0.2) is 59.5 Å². The average molecular weight is 369 g/mol. The summed E-state index contributed by atoms with van der Waals surface area (Å²) in [4.78, 5) is 29.0. The lowest BCUT2D eigenvalue weighted by atomic mass is 10.2. The van der Waals surface area contributed by atoms with Crippen molar-refractivity contribution in [3.8, 4) is 5.69 Å². The quantitative estimate of drug-likeness (QED) is 0.767. The number of aromatic nitrogens is 3. The number of amides is 1. The van der Waals surface area contributed by atoms with Crippen molar-refractivity contribution in [2.75, 3.05) is 0 Å². The zero-order chi connectivity index (χ0) is 18.7. The lowest BCUT2D eigenvalue weighted by Crippen LogP contribution is -2.33. The van der Waals surface area contributed by atoms with Gasteiger partial charge in [0.2, 0.25) is 5.43 Å². The van der Waals surface area contributed by atoms with Crippen LogP contribution in [0.1, 0.15) is 34.8 Å². The number of hydrogen-bond acceptors (Lipinski definition) is 4. The summed E-state index contributed by atoms with van der Waals surface area (Å²) in [6, 6.07) is 13.5. The van der Waals surface area contributed by atoms with Crippen LogP contribution in [0.25, 0.3) is 5.69 Å². The Balaban J connectivity index is 1.92. The first-order valence-electron chi connectivity index (χ1n) is 8.04. The van der Waals surface area contributed by atoms with Crippen LogP contribution in [0, 0.1) is 6.92 Å². The largest absolute Gasteiger partial charge is 0.342 e. The van der Waals surface area contributed by atoms with Crippen molar-refractivity contribution in [2.24, 2.45) is 0 Å². The van der Waals surface area contributed by atoms with Gasteiger partial charge in [0.15, 0.2) is 5.69 Å². The fraction of sp³-hybridized carbons (Fsp3) is 0.158. The van der Waals surface area contributed by atoms with Gasteiger partial charge in [-0.05, 0) is 50.2 Å². The first-order valence-corrected chi connectivity index (χ1v) is 8.42. The molecule has 132 valence electrons. The van der Waals surface area contributed by atoms with Crippen molar-refractivity contribution in [1.29, 1.82) is 0 Å². The number of aryl methyl sites for hydroxylation is 1. The molecular formula is C19H17ClN4O2. The molecule has 3 rings (SSSR count). The number of carbonyl (C=O) groups excluding carboxylic acids is 1. The van der Waals surface area contributed by atoms with Gasteiger partial charge in [0.25, 0.3) is 5.91 Å². The molecule has 1 aromatic carbocycles. The molecule has 0 aliphatic rings. The summed E-state index contributed by atoms with van der Waals surface area (Å²) in [5, 5.41) is 7.60. The summed E-state index contributed by atoms with van der Waals surface area (Å²) in [7, 11) is 0. The van der Waals surface area contributed by atoms with Crippen LogP contribution >= 0.6 is 11.6 Å². The number of halogens is 1. The zero-order valence-corrected chi connectivity index (χ0v) is 15.1. The van der Waals surface area contributed by atoms with E-state index in [1.807, 2.05) is 6.07 Å². The second kappa shape index (κ2) is 7.49. The molecule has 0 fully saturated rings. The maximum Gasteiger partial charge on any atom is 0.276 e. The second-order valence-electron chi connectivity index (χ2n) is 5.84. The number of nitrogens with zero attached hydrogens (tertiary/aromatic N) is 3. The highest BCUT2D eigenvalue weighted by Crippen LogP contribution is 2.14. The molecule has 0 spiro atoms. The van der Waals surface area contributed by atoms with Gasteiger partial charge >= 0.3 is 0 Å². The molecule has 3 aromatic rings. The Labute approximate surface area is 155 Å². The zero-order valence-electron chi connectivity index (χ0n) is 14.3. The van der Waals surface area contributed by atoms with Gasteiger partial charge in [-0.1, -0.05) is 17.7 Å². The van der Waals surface area contributed by atoms with Gasteiger partial charge in [-0.3, -0.25) is 14.6 Å². The molecule has 0 bridgehead atoms. The molecule has 0 aliphatic heterocycles. The standard InChI is InChI=1S/C19H17ClN4O2/c1-12-11-17(25)18(23-24(12)15-8-6-14(20)7-9-15)19(26)22-13(2)16-5-3-4-10-21-16/h3-11,13H,1-2H3,(H,22,26). The summed E-state index contributed by atoms with van der Waals surface area (Å²) in [5.74, 6) is -0.545. The van der Waals surface area contributed by atoms with E-state index in [1.165, 1.54) is 10.7 Å². The van der Waals surface area contributed by atoms with Crippen molar-refractivity contribution >= 4 is 17.5 Å². The maximum absolute atomic E-state index is 12.6. The van der Waals surface area contributed by atoms with E-state index in [0.29, 0.717) is 22.1 Å². The van der Waals surface area contributed by atoms with Crippen LogP contribution in [-0.4, -0.2) is 20.7 Å². The van der Waals surface area contributed by atoms with Crippen molar-refractivity contribution in [3.63, 3.8) is 0 Å². The van der Waals surface area contributed by atoms with E-state index < -0.39 is 11.3 Å². The molecule has 2 aromatic heterocycles. The predicted molar refractivity (Wildman–Crippen MR) is 99.7 cm³/mol. The van der Waals surface area contributed by atoms with E-state index in [2.05, 4.69) is 15.4 Å². The Kier molecular flexibility index (Phi) is 5.14. The van der Waals surface area contributed by atoms with Crippen molar-refractivity contribution in [2.45, 2.75) is 19.9 Å². The van der Waals surface area contributed by atoms with E-state index in [9.17, 15) is 9.59 Å². The highest BCUT2D eigenvalue weighted by Gasteiger charge is 2.18. The summed E-state index contributed by atoms with van der Waals surface area (Å²) in [6.07, 6.45) is 1.65. The molecule has 1 atom stereocenters. The average Bonchev–Trinajstić information content (AvgIpc) is 2.63. The maximum atomic E-state index is 12.6. The molecule has 7 heteroatoms. The van der Waals surface area contributed by atoms with E-state index in [-0.39, 0.29) is 11.7 Å². The number of nitrogens with one attached hydrogen (secondary N) is 1. The van der Waals surface area contributed by atoms with Crippen LogP contribution < -0.4 is 10.7 Å². The Bertz CT molecular complexity index is 985. The molecule has 0 saturated carbocycles. The number of pyridine rings is 1. The molecule has 1 unspecified atom stereocenters.